The first-order valence-corrected chi connectivity index (χ1v) is 5.75. The van der Waals surface area contributed by atoms with E-state index in [-0.39, 0.29) is 0 Å². The lowest BCUT2D eigenvalue weighted by Crippen LogP contribution is -2.13. The lowest BCUT2D eigenvalue weighted by molar-refractivity contribution is 0.227. The lowest BCUT2D eigenvalue weighted by atomic mass is 10.3. The van der Waals surface area contributed by atoms with Gasteiger partial charge < -0.3 is 14.5 Å². The van der Waals surface area contributed by atoms with Gasteiger partial charge in [0.1, 0.15) is 6.26 Å². The fraction of sp³-hybridized carbons (Fsp3) is 0.583. The molecule has 0 spiro atoms. The predicted octanol–water partition coefficient (Wildman–Crippen LogP) is 2.52. The van der Waals surface area contributed by atoms with E-state index in [1.165, 1.54) is 0 Å². The van der Waals surface area contributed by atoms with E-state index in [1.54, 1.807) is 6.26 Å². The van der Waals surface area contributed by atoms with Crippen molar-refractivity contribution in [3.05, 3.63) is 24.6 Å². The summed E-state index contributed by atoms with van der Waals surface area (Å²) in [6.07, 6.45) is 6.87. The summed E-state index contributed by atoms with van der Waals surface area (Å²) in [5, 5.41) is 3.25. The molecule has 1 aromatic heterocycles. The molecule has 1 rings (SSSR count). The Morgan fingerprint density at radius 1 is 1.62 bits per heavy atom. The molecule has 4 heteroatoms. The van der Waals surface area contributed by atoms with Crippen LogP contribution in [0.25, 0.3) is 0 Å². The minimum atomic E-state index is 0.359. The molecule has 1 N–H and O–H groups in total. The second kappa shape index (κ2) is 7.93. The van der Waals surface area contributed by atoms with Crippen LogP contribution in [0.2, 0.25) is 0 Å². The van der Waals surface area contributed by atoms with Gasteiger partial charge in [0.2, 0.25) is 0 Å². The first-order chi connectivity index (χ1) is 7.86. The van der Waals surface area contributed by atoms with Gasteiger partial charge in [-0.2, -0.15) is 4.98 Å². The molecule has 0 aromatic carbocycles. The minimum absolute atomic E-state index is 0.359. The van der Waals surface area contributed by atoms with Gasteiger partial charge in [-0.05, 0) is 25.8 Å². The smallest absolute Gasteiger partial charge is 0.393 e. The van der Waals surface area contributed by atoms with Crippen molar-refractivity contribution in [2.75, 3.05) is 13.2 Å². The molecule has 0 radical (unpaired) electrons. The van der Waals surface area contributed by atoms with Crippen molar-refractivity contribution in [3.8, 4) is 6.08 Å². The number of nitrogens with one attached hydrogen (secondary N) is 1. The van der Waals surface area contributed by atoms with Crippen molar-refractivity contribution >= 4 is 0 Å². The number of oxazole rings is 1. The van der Waals surface area contributed by atoms with Crippen molar-refractivity contribution < 1.29 is 9.15 Å². The average molecular weight is 224 g/mol. The van der Waals surface area contributed by atoms with Gasteiger partial charge in [0.15, 0.2) is 0 Å². The summed E-state index contributed by atoms with van der Waals surface area (Å²) < 4.78 is 10.5. The monoisotopic (exact) mass is 224 g/mol. The van der Waals surface area contributed by atoms with E-state index in [9.17, 15) is 0 Å². The molecule has 0 bridgehead atoms. The van der Waals surface area contributed by atoms with Crippen molar-refractivity contribution in [3.63, 3.8) is 0 Å². The molecule has 4 nitrogen and oxygen atoms in total. The van der Waals surface area contributed by atoms with E-state index in [4.69, 9.17) is 9.15 Å². The van der Waals surface area contributed by atoms with Gasteiger partial charge in [-0.15, -0.1) is 6.58 Å². The van der Waals surface area contributed by atoms with Crippen LogP contribution in [-0.4, -0.2) is 18.1 Å². The number of hydrogen-bond donors (Lipinski definition) is 1. The summed E-state index contributed by atoms with van der Waals surface area (Å²) in [5.41, 5.74) is 0.882. The molecule has 0 saturated carbocycles. The van der Waals surface area contributed by atoms with E-state index >= 15 is 0 Å². The third kappa shape index (κ3) is 4.98. The molecule has 0 aliphatic heterocycles. The van der Waals surface area contributed by atoms with Gasteiger partial charge in [0, 0.05) is 6.54 Å². The van der Waals surface area contributed by atoms with E-state index in [2.05, 4.69) is 23.8 Å². The summed E-state index contributed by atoms with van der Waals surface area (Å²) in [4.78, 5) is 4.20. The normalized spacial score (nSPS) is 10.3. The molecule has 0 aliphatic rings. The number of aromatic nitrogens is 1. The molecule has 90 valence electrons. The second-order valence-corrected chi connectivity index (χ2v) is 3.56. The largest absolute Gasteiger partial charge is 0.450 e. The Hall–Kier alpha value is -1.29. The van der Waals surface area contributed by atoms with Crippen molar-refractivity contribution in [2.45, 2.75) is 32.7 Å². The SMILES string of the molecule is C=CCCCOc1nc(CNCCC)co1. The van der Waals surface area contributed by atoms with E-state index in [0.29, 0.717) is 12.7 Å². The van der Waals surface area contributed by atoms with Crippen molar-refractivity contribution in [2.24, 2.45) is 0 Å². The molecule has 1 heterocycles. The average Bonchev–Trinajstić information content (AvgIpc) is 2.73. The molecule has 0 unspecified atom stereocenters. The van der Waals surface area contributed by atoms with Crippen molar-refractivity contribution in [1.82, 2.24) is 10.3 Å². The highest BCUT2D eigenvalue weighted by Gasteiger charge is 2.03. The van der Waals surface area contributed by atoms with Gasteiger partial charge in [0.25, 0.3) is 0 Å². The van der Waals surface area contributed by atoms with Gasteiger partial charge in [0.05, 0.1) is 12.3 Å². The fourth-order valence-corrected chi connectivity index (χ4v) is 1.22. The number of rotatable bonds is 9. The molecule has 0 atom stereocenters. The van der Waals surface area contributed by atoms with Gasteiger partial charge in [-0.1, -0.05) is 13.0 Å². The minimum Gasteiger partial charge on any atom is -0.450 e. The molecule has 0 fully saturated rings. The summed E-state index contributed by atoms with van der Waals surface area (Å²) in [6.45, 7) is 8.11. The fourth-order valence-electron chi connectivity index (χ4n) is 1.22. The zero-order valence-electron chi connectivity index (χ0n) is 9.87. The molecule has 0 aliphatic carbocycles. The maximum Gasteiger partial charge on any atom is 0.393 e. The standard InChI is InChI=1S/C12H20N2O2/c1-3-5-6-8-15-12-14-11(10-16-12)9-13-7-4-2/h3,10,13H,1,4-9H2,2H3. The van der Waals surface area contributed by atoms with Crippen LogP contribution in [0.3, 0.4) is 0 Å². The Bertz CT molecular complexity index is 297. The van der Waals surface area contributed by atoms with Crippen LogP contribution in [0.5, 0.6) is 6.08 Å². The molecule has 16 heavy (non-hydrogen) atoms. The molecule has 1 aromatic rings. The van der Waals surface area contributed by atoms with Crippen LogP contribution in [0.4, 0.5) is 0 Å². The number of hydrogen-bond acceptors (Lipinski definition) is 4. The van der Waals surface area contributed by atoms with E-state index in [1.807, 2.05) is 6.08 Å². The Morgan fingerprint density at radius 3 is 3.25 bits per heavy atom. The van der Waals surface area contributed by atoms with Crippen LogP contribution < -0.4 is 10.1 Å². The Balaban J connectivity index is 2.20. The highest BCUT2D eigenvalue weighted by atomic mass is 16.6. The van der Waals surface area contributed by atoms with Crippen LogP contribution in [0.15, 0.2) is 23.3 Å². The summed E-state index contributed by atoms with van der Waals surface area (Å²) in [7, 11) is 0. The quantitative estimate of drug-likeness (QED) is 0.517. The number of nitrogens with zero attached hydrogens (tertiary/aromatic N) is 1. The van der Waals surface area contributed by atoms with E-state index < -0.39 is 0 Å². The third-order valence-electron chi connectivity index (χ3n) is 2.04. The molecular weight excluding hydrogens is 204 g/mol. The number of allylic oxidation sites excluding steroid dienone is 1. The summed E-state index contributed by atoms with van der Waals surface area (Å²) in [5.74, 6) is 0. The summed E-state index contributed by atoms with van der Waals surface area (Å²) >= 11 is 0. The topological polar surface area (TPSA) is 47.3 Å². The molecule has 0 amide bonds. The van der Waals surface area contributed by atoms with Crippen LogP contribution in [0, 0.1) is 0 Å². The van der Waals surface area contributed by atoms with Crippen LogP contribution >= 0.6 is 0 Å². The van der Waals surface area contributed by atoms with Gasteiger partial charge in [-0.3, -0.25) is 0 Å². The van der Waals surface area contributed by atoms with Gasteiger partial charge in [-0.25, -0.2) is 0 Å². The Kier molecular flexibility index (Phi) is 6.33. The maximum atomic E-state index is 5.34. The molecule has 0 saturated heterocycles. The lowest BCUT2D eigenvalue weighted by Gasteiger charge is -1.98. The van der Waals surface area contributed by atoms with E-state index in [0.717, 1.165) is 38.0 Å². The Labute approximate surface area is 96.7 Å². The third-order valence-corrected chi connectivity index (χ3v) is 2.04. The number of unbranched alkanes of at least 4 members (excludes halogenated alkanes) is 1. The summed E-state index contributed by atoms with van der Waals surface area (Å²) in [6, 6.07) is 0. The second-order valence-electron chi connectivity index (χ2n) is 3.56. The zero-order chi connectivity index (χ0) is 11.6. The first-order valence-electron chi connectivity index (χ1n) is 5.75. The van der Waals surface area contributed by atoms with Crippen molar-refractivity contribution in [1.29, 1.82) is 0 Å². The highest BCUT2D eigenvalue weighted by Crippen LogP contribution is 2.10. The van der Waals surface area contributed by atoms with Crippen LogP contribution in [0.1, 0.15) is 31.9 Å². The Morgan fingerprint density at radius 2 is 2.50 bits per heavy atom. The number of ether oxygens (including phenoxy) is 1. The zero-order valence-corrected chi connectivity index (χ0v) is 9.87. The predicted molar refractivity (Wildman–Crippen MR) is 63.4 cm³/mol. The first kappa shape index (κ1) is 12.8. The van der Waals surface area contributed by atoms with Crippen LogP contribution in [-0.2, 0) is 6.54 Å². The highest BCUT2D eigenvalue weighted by molar-refractivity contribution is 4.99. The molecular formula is C12H20N2O2. The van der Waals surface area contributed by atoms with Gasteiger partial charge >= 0.3 is 6.08 Å². The maximum absolute atomic E-state index is 5.34.